The Kier molecular flexibility index (Phi) is 6.82. The third-order valence-corrected chi connectivity index (χ3v) is 5.89. The molecular weight excluding hydrogens is 428 g/mol. The molecule has 1 unspecified atom stereocenters. The molecular formula is C27H28N4O3. The summed E-state index contributed by atoms with van der Waals surface area (Å²) in [4.78, 5) is 14.0. The van der Waals surface area contributed by atoms with Crippen LogP contribution >= 0.6 is 0 Å². The minimum Gasteiger partial charge on any atom is -0.497 e. The van der Waals surface area contributed by atoms with E-state index in [1.54, 1.807) is 18.8 Å². The van der Waals surface area contributed by atoms with Crippen LogP contribution in [0.4, 0.5) is 10.6 Å². The van der Waals surface area contributed by atoms with Gasteiger partial charge in [0, 0.05) is 25.2 Å². The predicted molar refractivity (Wildman–Crippen MR) is 133 cm³/mol. The standard InChI is InChI=1S/C27H28N4O3/c1-30-26(28)17-24(29-30)22-10-6-9-20(15-22)18-31(27(32)33)25(16-19-7-4-3-5-8-19)21-11-13-23(34-2)14-12-21/h3-15,17,25H,16,18,28H2,1-2H3,(H,32,33). The highest BCUT2D eigenvalue weighted by atomic mass is 16.5. The number of anilines is 1. The molecule has 0 saturated carbocycles. The van der Waals surface area contributed by atoms with Gasteiger partial charge in [-0.25, -0.2) is 4.79 Å². The molecule has 0 aliphatic rings. The summed E-state index contributed by atoms with van der Waals surface area (Å²) in [6.45, 7) is 0.231. The van der Waals surface area contributed by atoms with Crippen LogP contribution in [0.3, 0.4) is 0 Å². The van der Waals surface area contributed by atoms with E-state index in [0.29, 0.717) is 12.2 Å². The Morgan fingerprint density at radius 2 is 1.74 bits per heavy atom. The molecule has 7 nitrogen and oxygen atoms in total. The lowest BCUT2D eigenvalue weighted by Gasteiger charge is -2.30. The number of nitrogens with two attached hydrogens (primary N) is 1. The van der Waals surface area contributed by atoms with E-state index < -0.39 is 6.09 Å². The van der Waals surface area contributed by atoms with Crippen LogP contribution in [0.1, 0.15) is 22.7 Å². The quantitative estimate of drug-likeness (QED) is 0.383. The lowest BCUT2D eigenvalue weighted by molar-refractivity contribution is 0.119. The second-order valence-corrected chi connectivity index (χ2v) is 8.17. The zero-order chi connectivity index (χ0) is 24.1. The van der Waals surface area contributed by atoms with Gasteiger partial charge in [-0.2, -0.15) is 5.10 Å². The van der Waals surface area contributed by atoms with Crippen molar-refractivity contribution in [3.8, 4) is 17.0 Å². The molecule has 1 heterocycles. The lowest BCUT2D eigenvalue weighted by atomic mass is 9.96. The van der Waals surface area contributed by atoms with Crippen molar-refractivity contribution in [3.63, 3.8) is 0 Å². The Bertz CT molecular complexity index is 1230. The van der Waals surface area contributed by atoms with Crippen molar-refractivity contribution in [2.24, 2.45) is 7.05 Å². The molecule has 1 amide bonds. The number of nitrogens with zero attached hydrogens (tertiary/aromatic N) is 3. The number of carboxylic acid groups (broad SMARTS) is 1. The van der Waals surface area contributed by atoms with Crippen molar-refractivity contribution < 1.29 is 14.6 Å². The molecule has 1 aromatic heterocycles. The zero-order valence-electron chi connectivity index (χ0n) is 19.3. The second kappa shape index (κ2) is 10.1. The summed E-state index contributed by atoms with van der Waals surface area (Å²) < 4.78 is 6.91. The van der Waals surface area contributed by atoms with Crippen LogP contribution < -0.4 is 10.5 Å². The molecule has 0 radical (unpaired) electrons. The first kappa shape index (κ1) is 22.9. The van der Waals surface area contributed by atoms with E-state index in [0.717, 1.165) is 33.7 Å². The Balaban J connectivity index is 1.67. The molecule has 4 aromatic rings. The van der Waals surface area contributed by atoms with Gasteiger partial charge in [0.25, 0.3) is 0 Å². The summed E-state index contributed by atoms with van der Waals surface area (Å²) in [7, 11) is 3.40. The number of carbonyl (C=O) groups is 1. The molecule has 0 fully saturated rings. The predicted octanol–water partition coefficient (Wildman–Crippen LogP) is 5.14. The maximum atomic E-state index is 12.5. The van der Waals surface area contributed by atoms with E-state index in [1.165, 1.54) is 4.90 Å². The third-order valence-electron chi connectivity index (χ3n) is 5.89. The normalized spacial score (nSPS) is 11.7. The average Bonchev–Trinajstić information content (AvgIpc) is 3.20. The van der Waals surface area contributed by atoms with Gasteiger partial charge in [0.15, 0.2) is 0 Å². The van der Waals surface area contributed by atoms with Crippen molar-refractivity contribution >= 4 is 11.9 Å². The molecule has 0 spiro atoms. The highest BCUT2D eigenvalue weighted by molar-refractivity contribution is 5.67. The number of benzene rings is 3. The van der Waals surface area contributed by atoms with Gasteiger partial charge in [0.05, 0.1) is 18.8 Å². The van der Waals surface area contributed by atoms with Gasteiger partial charge < -0.3 is 15.6 Å². The third kappa shape index (κ3) is 5.20. The fraction of sp³-hybridized carbons (Fsp3) is 0.185. The summed E-state index contributed by atoms with van der Waals surface area (Å²) in [5.74, 6) is 1.29. The summed E-state index contributed by atoms with van der Waals surface area (Å²) >= 11 is 0. The molecule has 3 aromatic carbocycles. The summed E-state index contributed by atoms with van der Waals surface area (Å²) in [5, 5.41) is 14.7. The minimum atomic E-state index is -0.982. The fourth-order valence-corrected chi connectivity index (χ4v) is 4.03. The van der Waals surface area contributed by atoms with Crippen LogP contribution in [-0.4, -0.2) is 33.0 Å². The maximum Gasteiger partial charge on any atom is 0.408 e. The van der Waals surface area contributed by atoms with Crippen LogP contribution in [-0.2, 0) is 20.0 Å². The van der Waals surface area contributed by atoms with Crippen LogP contribution in [0.2, 0.25) is 0 Å². The van der Waals surface area contributed by atoms with Crippen LogP contribution in [0.15, 0.2) is 84.9 Å². The molecule has 3 N–H and O–H groups in total. The van der Waals surface area contributed by atoms with E-state index in [-0.39, 0.29) is 12.6 Å². The molecule has 0 aliphatic carbocycles. The Morgan fingerprint density at radius 1 is 1.03 bits per heavy atom. The van der Waals surface area contributed by atoms with Gasteiger partial charge in [-0.05, 0) is 41.3 Å². The molecule has 4 rings (SSSR count). The molecule has 0 saturated heterocycles. The van der Waals surface area contributed by atoms with E-state index in [2.05, 4.69) is 5.10 Å². The van der Waals surface area contributed by atoms with Crippen LogP contribution in [0.25, 0.3) is 11.3 Å². The van der Waals surface area contributed by atoms with E-state index in [4.69, 9.17) is 10.5 Å². The number of aryl methyl sites for hydroxylation is 1. The Labute approximate surface area is 199 Å². The summed E-state index contributed by atoms with van der Waals surface area (Å²) in [6.07, 6.45) is -0.431. The number of rotatable bonds is 8. The molecule has 7 heteroatoms. The Hall–Kier alpha value is -4.26. The number of amides is 1. The van der Waals surface area contributed by atoms with Gasteiger partial charge >= 0.3 is 6.09 Å². The number of nitrogen functional groups attached to an aromatic ring is 1. The van der Waals surface area contributed by atoms with Gasteiger partial charge in [-0.3, -0.25) is 9.58 Å². The van der Waals surface area contributed by atoms with Crippen molar-refractivity contribution in [2.45, 2.75) is 19.0 Å². The molecule has 0 aliphatic heterocycles. The number of hydrogen-bond donors (Lipinski definition) is 2. The summed E-state index contributed by atoms with van der Waals surface area (Å²) in [6, 6.07) is 26.7. The Morgan fingerprint density at radius 3 is 2.35 bits per heavy atom. The first-order valence-electron chi connectivity index (χ1n) is 11.0. The van der Waals surface area contributed by atoms with Crippen LogP contribution in [0.5, 0.6) is 5.75 Å². The lowest BCUT2D eigenvalue weighted by Crippen LogP contribution is -2.34. The monoisotopic (exact) mass is 456 g/mol. The molecule has 34 heavy (non-hydrogen) atoms. The first-order valence-corrected chi connectivity index (χ1v) is 11.0. The zero-order valence-corrected chi connectivity index (χ0v) is 19.3. The van der Waals surface area contributed by atoms with Crippen molar-refractivity contribution in [1.29, 1.82) is 0 Å². The second-order valence-electron chi connectivity index (χ2n) is 8.17. The molecule has 1 atom stereocenters. The highest BCUT2D eigenvalue weighted by Gasteiger charge is 2.26. The fourth-order valence-electron chi connectivity index (χ4n) is 4.03. The minimum absolute atomic E-state index is 0.231. The number of methoxy groups -OCH3 is 1. The largest absolute Gasteiger partial charge is 0.497 e. The average molecular weight is 457 g/mol. The van der Waals surface area contributed by atoms with E-state index in [1.807, 2.05) is 84.9 Å². The molecule has 174 valence electrons. The number of aromatic nitrogens is 2. The van der Waals surface area contributed by atoms with Crippen molar-refractivity contribution in [3.05, 3.63) is 102 Å². The van der Waals surface area contributed by atoms with Crippen LogP contribution in [0, 0.1) is 0 Å². The first-order chi connectivity index (χ1) is 16.4. The van der Waals surface area contributed by atoms with Crippen molar-refractivity contribution in [2.75, 3.05) is 12.8 Å². The van der Waals surface area contributed by atoms with E-state index >= 15 is 0 Å². The number of ether oxygens (including phenoxy) is 1. The van der Waals surface area contributed by atoms with Gasteiger partial charge in [0.1, 0.15) is 11.6 Å². The maximum absolute atomic E-state index is 12.5. The summed E-state index contributed by atoms with van der Waals surface area (Å²) in [5.41, 5.74) is 10.4. The van der Waals surface area contributed by atoms with Crippen molar-refractivity contribution in [1.82, 2.24) is 14.7 Å². The smallest absolute Gasteiger partial charge is 0.408 e. The van der Waals surface area contributed by atoms with Gasteiger partial charge in [-0.15, -0.1) is 0 Å². The molecule has 0 bridgehead atoms. The van der Waals surface area contributed by atoms with Gasteiger partial charge in [0.2, 0.25) is 0 Å². The van der Waals surface area contributed by atoms with E-state index in [9.17, 15) is 9.90 Å². The topological polar surface area (TPSA) is 93.6 Å². The highest BCUT2D eigenvalue weighted by Crippen LogP contribution is 2.30. The SMILES string of the molecule is COc1ccc(C(Cc2ccccc2)N(Cc2cccc(-c3cc(N)n(C)n3)c2)C(=O)O)cc1. The number of hydrogen-bond acceptors (Lipinski definition) is 4. The van der Waals surface area contributed by atoms with Gasteiger partial charge in [-0.1, -0.05) is 60.7 Å².